The highest BCUT2D eigenvalue weighted by Crippen LogP contribution is 2.34. The Labute approximate surface area is 131 Å². The summed E-state index contributed by atoms with van der Waals surface area (Å²) >= 11 is 5.05. The van der Waals surface area contributed by atoms with Crippen molar-refractivity contribution in [3.05, 3.63) is 55.4 Å². The van der Waals surface area contributed by atoms with E-state index in [1.54, 1.807) is 12.1 Å². The SMILES string of the molecule is NC(c1ccc(F)c(Br)c1)c1cc2c(s1)CCCCC2. The first-order chi connectivity index (χ1) is 9.65. The molecular formula is C16H17BrFNS. The number of thiophene rings is 1. The predicted molar refractivity (Wildman–Crippen MR) is 85.7 cm³/mol. The van der Waals surface area contributed by atoms with Gasteiger partial charge in [-0.25, -0.2) is 4.39 Å². The summed E-state index contributed by atoms with van der Waals surface area (Å²) in [6.07, 6.45) is 6.24. The van der Waals surface area contributed by atoms with Gasteiger partial charge in [0.2, 0.25) is 0 Å². The van der Waals surface area contributed by atoms with Crippen molar-refractivity contribution in [1.29, 1.82) is 0 Å². The number of hydrogen-bond donors (Lipinski definition) is 1. The Morgan fingerprint density at radius 1 is 1.15 bits per heavy atom. The van der Waals surface area contributed by atoms with Crippen molar-refractivity contribution in [2.75, 3.05) is 0 Å². The molecule has 0 amide bonds. The summed E-state index contributed by atoms with van der Waals surface area (Å²) in [7, 11) is 0. The van der Waals surface area contributed by atoms with Gasteiger partial charge in [0.1, 0.15) is 5.82 Å². The topological polar surface area (TPSA) is 26.0 Å². The van der Waals surface area contributed by atoms with E-state index in [9.17, 15) is 4.39 Å². The van der Waals surface area contributed by atoms with Gasteiger partial charge in [-0.15, -0.1) is 11.3 Å². The molecule has 3 rings (SSSR count). The number of aryl methyl sites for hydroxylation is 2. The number of nitrogens with two attached hydrogens (primary N) is 1. The molecule has 0 aliphatic heterocycles. The van der Waals surface area contributed by atoms with Gasteiger partial charge in [-0.2, -0.15) is 0 Å². The Kier molecular flexibility index (Phi) is 4.24. The van der Waals surface area contributed by atoms with Crippen LogP contribution in [0.25, 0.3) is 0 Å². The lowest BCUT2D eigenvalue weighted by atomic mass is 10.0. The van der Waals surface area contributed by atoms with Crippen LogP contribution in [0.1, 0.15) is 46.2 Å². The van der Waals surface area contributed by atoms with E-state index in [2.05, 4.69) is 22.0 Å². The quantitative estimate of drug-likeness (QED) is 0.758. The van der Waals surface area contributed by atoms with Gasteiger partial charge in [0.25, 0.3) is 0 Å². The van der Waals surface area contributed by atoms with Crippen molar-refractivity contribution in [2.24, 2.45) is 5.73 Å². The van der Waals surface area contributed by atoms with Gasteiger partial charge in [-0.1, -0.05) is 12.5 Å². The summed E-state index contributed by atoms with van der Waals surface area (Å²) in [4.78, 5) is 2.68. The predicted octanol–water partition coefficient (Wildman–Crippen LogP) is 4.97. The molecule has 2 N–H and O–H groups in total. The summed E-state index contributed by atoms with van der Waals surface area (Å²) < 4.78 is 13.8. The molecule has 1 aromatic heterocycles. The first kappa shape index (κ1) is 14.2. The maximum Gasteiger partial charge on any atom is 0.137 e. The van der Waals surface area contributed by atoms with E-state index in [1.165, 1.54) is 53.5 Å². The Balaban J connectivity index is 1.90. The third-order valence-electron chi connectivity index (χ3n) is 3.87. The number of benzene rings is 1. The first-order valence-electron chi connectivity index (χ1n) is 6.97. The normalized spacial score (nSPS) is 16.6. The molecule has 1 aliphatic carbocycles. The van der Waals surface area contributed by atoms with Crippen molar-refractivity contribution in [3.63, 3.8) is 0 Å². The molecule has 1 aliphatic rings. The van der Waals surface area contributed by atoms with E-state index >= 15 is 0 Å². The van der Waals surface area contributed by atoms with Crippen molar-refractivity contribution >= 4 is 27.3 Å². The first-order valence-corrected chi connectivity index (χ1v) is 8.58. The lowest BCUT2D eigenvalue weighted by Crippen LogP contribution is -2.10. The summed E-state index contributed by atoms with van der Waals surface area (Å²) in [5.74, 6) is -0.247. The minimum atomic E-state index is -0.247. The highest BCUT2D eigenvalue weighted by molar-refractivity contribution is 9.10. The largest absolute Gasteiger partial charge is 0.320 e. The van der Waals surface area contributed by atoms with Crippen LogP contribution in [0.2, 0.25) is 0 Å². The maximum absolute atomic E-state index is 13.3. The molecule has 0 bridgehead atoms. The standard InChI is InChI=1S/C16H17BrFNS/c17-12-8-11(6-7-13(12)18)16(19)15-9-10-4-2-1-3-5-14(10)20-15/h6-9,16H,1-5,19H2. The molecule has 1 nitrogen and oxygen atoms in total. The number of rotatable bonds is 2. The van der Waals surface area contributed by atoms with Crippen LogP contribution in [0.15, 0.2) is 28.7 Å². The smallest absolute Gasteiger partial charge is 0.137 e. The second-order valence-corrected chi connectivity index (χ2v) is 7.33. The second-order valence-electron chi connectivity index (χ2n) is 5.31. The third-order valence-corrected chi connectivity index (χ3v) is 5.80. The lowest BCUT2D eigenvalue weighted by Gasteiger charge is -2.10. The van der Waals surface area contributed by atoms with E-state index in [4.69, 9.17) is 5.73 Å². The molecule has 1 atom stereocenters. The Bertz CT molecular complexity index is 599. The molecule has 0 fully saturated rings. The van der Waals surface area contributed by atoms with Crippen LogP contribution < -0.4 is 5.73 Å². The van der Waals surface area contributed by atoms with Crippen LogP contribution in [0, 0.1) is 5.82 Å². The Morgan fingerprint density at radius 3 is 2.75 bits per heavy atom. The molecular weight excluding hydrogens is 337 g/mol. The molecule has 1 aromatic carbocycles. The fraction of sp³-hybridized carbons (Fsp3) is 0.375. The maximum atomic E-state index is 13.3. The lowest BCUT2D eigenvalue weighted by molar-refractivity contribution is 0.619. The Morgan fingerprint density at radius 2 is 1.95 bits per heavy atom. The van der Waals surface area contributed by atoms with Crippen LogP contribution in [0.4, 0.5) is 4.39 Å². The van der Waals surface area contributed by atoms with Crippen molar-refractivity contribution < 1.29 is 4.39 Å². The molecule has 0 spiro atoms. The summed E-state index contributed by atoms with van der Waals surface area (Å²) in [6.45, 7) is 0. The van der Waals surface area contributed by atoms with E-state index in [0.29, 0.717) is 4.47 Å². The molecule has 0 saturated heterocycles. The van der Waals surface area contributed by atoms with Gasteiger partial charge in [0.05, 0.1) is 10.5 Å². The van der Waals surface area contributed by atoms with Crippen LogP contribution in [-0.2, 0) is 12.8 Å². The van der Waals surface area contributed by atoms with Crippen LogP contribution in [0.3, 0.4) is 0 Å². The molecule has 0 radical (unpaired) electrons. The molecule has 0 saturated carbocycles. The van der Waals surface area contributed by atoms with Crippen LogP contribution in [0.5, 0.6) is 0 Å². The van der Waals surface area contributed by atoms with Gasteiger partial charge >= 0.3 is 0 Å². The number of halogens is 2. The molecule has 106 valence electrons. The fourth-order valence-electron chi connectivity index (χ4n) is 2.71. The third kappa shape index (κ3) is 2.83. The summed E-state index contributed by atoms with van der Waals surface area (Å²) in [6, 6.07) is 7.12. The zero-order valence-electron chi connectivity index (χ0n) is 11.2. The monoisotopic (exact) mass is 353 g/mol. The highest BCUT2D eigenvalue weighted by atomic mass is 79.9. The average molecular weight is 354 g/mol. The molecule has 4 heteroatoms. The summed E-state index contributed by atoms with van der Waals surface area (Å²) in [5, 5.41) is 0. The molecule has 20 heavy (non-hydrogen) atoms. The minimum Gasteiger partial charge on any atom is -0.320 e. The molecule has 1 heterocycles. The zero-order chi connectivity index (χ0) is 14.1. The Hall–Kier alpha value is -0.710. The molecule has 1 unspecified atom stereocenters. The van der Waals surface area contributed by atoms with E-state index in [1.807, 2.05) is 11.3 Å². The van der Waals surface area contributed by atoms with E-state index < -0.39 is 0 Å². The van der Waals surface area contributed by atoms with Gasteiger partial charge < -0.3 is 5.73 Å². The van der Waals surface area contributed by atoms with E-state index in [0.717, 1.165) is 5.56 Å². The highest BCUT2D eigenvalue weighted by Gasteiger charge is 2.18. The van der Waals surface area contributed by atoms with E-state index in [-0.39, 0.29) is 11.9 Å². The van der Waals surface area contributed by atoms with Crippen LogP contribution >= 0.6 is 27.3 Å². The second kappa shape index (κ2) is 5.96. The molecule has 2 aromatic rings. The minimum absolute atomic E-state index is 0.163. The van der Waals surface area contributed by atoms with Crippen molar-refractivity contribution in [2.45, 2.75) is 38.1 Å². The van der Waals surface area contributed by atoms with Gasteiger partial charge in [0.15, 0.2) is 0 Å². The zero-order valence-corrected chi connectivity index (χ0v) is 13.6. The number of fused-ring (bicyclic) bond motifs is 1. The van der Waals surface area contributed by atoms with Crippen molar-refractivity contribution in [3.8, 4) is 0 Å². The van der Waals surface area contributed by atoms with Gasteiger partial charge in [0, 0.05) is 9.75 Å². The van der Waals surface area contributed by atoms with Gasteiger partial charge in [-0.05, 0) is 70.9 Å². The van der Waals surface area contributed by atoms with Crippen molar-refractivity contribution in [1.82, 2.24) is 0 Å². The number of hydrogen-bond acceptors (Lipinski definition) is 2. The average Bonchev–Trinajstić information content (AvgIpc) is 2.72. The van der Waals surface area contributed by atoms with Crippen LogP contribution in [-0.4, -0.2) is 0 Å². The summed E-state index contributed by atoms with van der Waals surface area (Å²) in [5.41, 5.74) is 8.78. The fourth-order valence-corrected chi connectivity index (χ4v) is 4.40. The van der Waals surface area contributed by atoms with Gasteiger partial charge in [-0.3, -0.25) is 0 Å².